The van der Waals surface area contributed by atoms with Gasteiger partial charge >= 0.3 is 48.9 Å². The van der Waals surface area contributed by atoms with Crippen molar-refractivity contribution in [1.82, 2.24) is 0 Å². The van der Waals surface area contributed by atoms with E-state index in [0.29, 0.717) is 0 Å². The first kappa shape index (κ1) is 16.8. The van der Waals surface area contributed by atoms with Crippen LogP contribution in [0.25, 0.3) is 0 Å². The van der Waals surface area contributed by atoms with Gasteiger partial charge in [0.05, 0.1) is 11.5 Å². The van der Waals surface area contributed by atoms with Gasteiger partial charge in [0.25, 0.3) is 20.2 Å². The van der Waals surface area contributed by atoms with Crippen molar-refractivity contribution < 1.29 is 25.9 Å². The van der Waals surface area contributed by atoms with Gasteiger partial charge in [-0.2, -0.15) is 16.8 Å². The third-order valence-corrected chi connectivity index (χ3v) is 2.66. The molecule has 0 rings (SSSR count). The molecule has 6 nitrogen and oxygen atoms in total. The molecule has 0 saturated carbocycles. The first-order valence-electron chi connectivity index (χ1n) is 3.11. The van der Waals surface area contributed by atoms with Crippen molar-refractivity contribution >= 4 is 69.1 Å². The van der Waals surface area contributed by atoms with E-state index in [1.54, 1.807) is 0 Å². The molecule has 2 N–H and O–H groups in total. The van der Waals surface area contributed by atoms with Crippen molar-refractivity contribution in [3.05, 3.63) is 0 Å². The summed E-state index contributed by atoms with van der Waals surface area (Å²) in [6.07, 6.45) is 0.0250. The van der Waals surface area contributed by atoms with Gasteiger partial charge in [-0.25, -0.2) is 0 Å². The average molecular weight is 358 g/mol. The fourth-order valence-electron chi connectivity index (χ4n) is 0.569. The molecular weight excluding hydrogens is 346 g/mol. The standard InChI is InChI=1S/C4H10O6S2.Ba.2H/c5-11(6,7)3-1-2-4-12(8,9)10;;;/h1-4H2,(H,5,6,7)(H,8,9,10);;;. The van der Waals surface area contributed by atoms with Crippen molar-refractivity contribution in [3.63, 3.8) is 0 Å². The van der Waals surface area contributed by atoms with E-state index in [-0.39, 0.29) is 61.7 Å². The Hall–Kier alpha value is 1.39. The average Bonchev–Trinajstić information content (AvgIpc) is 1.76. The molecule has 78 valence electrons. The predicted molar refractivity (Wildman–Crippen MR) is 50.6 cm³/mol. The summed E-state index contributed by atoms with van der Waals surface area (Å²) in [6, 6.07) is 0. The molecular formula is C4H12BaO6S2. The molecule has 0 saturated heterocycles. The Labute approximate surface area is 118 Å². The van der Waals surface area contributed by atoms with Crippen LogP contribution in [-0.2, 0) is 20.2 Å². The monoisotopic (exact) mass is 358 g/mol. The van der Waals surface area contributed by atoms with Gasteiger partial charge in [0.1, 0.15) is 0 Å². The van der Waals surface area contributed by atoms with E-state index in [4.69, 9.17) is 9.11 Å². The number of rotatable bonds is 5. The maximum absolute atomic E-state index is 10.1. The molecule has 0 aromatic carbocycles. The normalized spacial score (nSPS) is 12.2. The van der Waals surface area contributed by atoms with Crippen LogP contribution in [0.4, 0.5) is 0 Å². The van der Waals surface area contributed by atoms with E-state index in [0.717, 1.165) is 0 Å². The molecule has 0 radical (unpaired) electrons. The second kappa shape index (κ2) is 6.80. The number of hydrogen-bond donors (Lipinski definition) is 2. The molecule has 0 atom stereocenters. The van der Waals surface area contributed by atoms with Gasteiger partial charge in [-0.1, -0.05) is 0 Å². The minimum absolute atomic E-state index is 0. The van der Waals surface area contributed by atoms with Gasteiger partial charge in [0.15, 0.2) is 0 Å². The summed E-state index contributed by atoms with van der Waals surface area (Å²) >= 11 is 0. The Morgan fingerprint density at radius 1 is 0.769 bits per heavy atom. The molecule has 13 heavy (non-hydrogen) atoms. The van der Waals surface area contributed by atoms with Crippen molar-refractivity contribution in [2.24, 2.45) is 0 Å². The molecule has 0 heterocycles. The zero-order valence-electron chi connectivity index (χ0n) is 6.17. The first-order valence-corrected chi connectivity index (χ1v) is 6.33. The molecule has 0 aliphatic rings. The Morgan fingerprint density at radius 3 is 1.15 bits per heavy atom. The van der Waals surface area contributed by atoms with Crippen molar-refractivity contribution in [3.8, 4) is 0 Å². The van der Waals surface area contributed by atoms with Crippen LogP contribution >= 0.6 is 0 Å². The molecule has 0 aromatic rings. The van der Waals surface area contributed by atoms with E-state index in [2.05, 4.69) is 0 Å². The third kappa shape index (κ3) is 16.1. The van der Waals surface area contributed by atoms with E-state index in [1.165, 1.54) is 0 Å². The quantitative estimate of drug-likeness (QED) is 0.357. The molecule has 0 aliphatic heterocycles. The van der Waals surface area contributed by atoms with Crippen LogP contribution in [0.2, 0.25) is 0 Å². The second-order valence-corrected chi connectivity index (χ2v) is 5.42. The zero-order chi connectivity index (χ0) is 9.83. The minimum atomic E-state index is -4.02. The third-order valence-electron chi connectivity index (χ3n) is 1.05. The predicted octanol–water partition coefficient (Wildman–Crippen LogP) is -1.37. The molecule has 9 heteroatoms. The first-order chi connectivity index (χ1) is 5.21. The van der Waals surface area contributed by atoms with Gasteiger partial charge in [-0.15, -0.1) is 0 Å². The Balaban J connectivity index is 0. The van der Waals surface area contributed by atoms with Crippen LogP contribution in [-0.4, -0.2) is 86.3 Å². The molecule has 0 amide bonds. The van der Waals surface area contributed by atoms with Crippen molar-refractivity contribution in [1.29, 1.82) is 0 Å². The van der Waals surface area contributed by atoms with E-state index < -0.39 is 31.7 Å². The van der Waals surface area contributed by atoms with Gasteiger partial charge in [-0.3, -0.25) is 9.11 Å². The molecule has 0 aliphatic carbocycles. The molecule has 0 fully saturated rings. The van der Waals surface area contributed by atoms with E-state index in [1.807, 2.05) is 0 Å². The van der Waals surface area contributed by atoms with Crippen molar-refractivity contribution in [2.45, 2.75) is 12.8 Å². The summed E-state index contributed by atoms with van der Waals surface area (Å²) in [4.78, 5) is 0. The Morgan fingerprint density at radius 2 is 1.00 bits per heavy atom. The van der Waals surface area contributed by atoms with Gasteiger partial charge in [0.2, 0.25) is 0 Å². The van der Waals surface area contributed by atoms with Crippen LogP contribution in [0.5, 0.6) is 0 Å². The van der Waals surface area contributed by atoms with Crippen LogP contribution in [0.3, 0.4) is 0 Å². The van der Waals surface area contributed by atoms with Gasteiger partial charge in [0, 0.05) is 0 Å². The second-order valence-electron chi connectivity index (χ2n) is 2.28. The Bertz CT molecular complexity index is 283. The summed E-state index contributed by atoms with van der Waals surface area (Å²) in [6.45, 7) is 0. The molecule has 0 bridgehead atoms. The fraction of sp³-hybridized carbons (Fsp3) is 1.00. The fourth-order valence-corrected chi connectivity index (χ4v) is 1.71. The number of unbranched alkanes of at least 4 members (excludes halogenated alkanes) is 1. The van der Waals surface area contributed by atoms with Gasteiger partial charge < -0.3 is 0 Å². The van der Waals surface area contributed by atoms with E-state index in [9.17, 15) is 16.8 Å². The summed E-state index contributed by atoms with van der Waals surface area (Å²) in [5, 5.41) is 0. The maximum atomic E-state index is 10.1. The molecule has 0 spiro atoms. The van der Waals surface area contributed by atoms with Crippen LogP contribution in [0.1, 0.15) is 12.8 Å². The van der Waals surface area contributed by atoms with Crippen LogP contribution in [0.15, 0.2) is 0 Å². The van der Waals surface area contributed by atoms with Crippen LogP contribution < -0.4 is 0 Å². The zero-order valence-corrected chi connectivity index (χ0v) is 7.81. The molecule has 0 unspecified atom stereocenters. The topological polar surface area (TPSA) is 109 Å². The van der Waals surface area contributed by atoms with E-state index >= 15 is 0 Å². The Kier molecular flexibility index (Phi) is 8.79. The van der Waals surface area contributed by atoms with Gasteiger partial charge in [-0.05, 0) is 12.8 Å². The van der Waals surface area contributed by atoms with Crippen LogP contribution in [0, 0.1) is 0 Å². The summed E-state index contributed by atoms with van der Waals surface area (Å²) in [5.41, 5.74) is 0. The van der Waals surface area contributed by atoms with Crippen molar-refractivity contribution in [2.75, 3.05) is 11.5 Å². The number of hydrogen-bond acceptors (Lipinski definition) is 4. The molecule has 0 aromatic heterocycles. The SMILES string of the molecule is O=S(=O)(O)CCCCS(=O)(=O)O.[BaH2]. The summed E-state index contributed by atoms with van der Waals surface area (Å²) in [5.74, 6) is -0.967. The summed E-state index contributed by atoms with van der Waals surface area (Å²) in [7, 11) is -8.04. The summed E-state index contributed by atoms with van der Waals surface area (Å²) < 4.78 is 56.8.